The topological polar surface area (TPSA) is 47.3 Å². The molecule has 1 aromatic rings. The number of nitriles is 1. The maximum Gasteiger partial charge on any atom is 0.128 e. The molecule has 0 aliphatic rings. The fraction of sp³-hybridized carbons (Fsp3) is 0.438. The first kappa shape index (κ1) is 16.2. The summed E-state index contributed by atoms with van der Waals surface area (Å²) in [7, 11) is 1.87. The van der Waals surface area contributed by atoms with Crippen LogP contribution < -0.4 is 0 Å². The number of nitrogens with zero attached hydrogens (tertiary/aromatic N) is 2. The second kappa shape index (κ2) is 8.32. The fourth-order valence-corrected chi connectivity index (χ4v) is 1.69. The summed E-state index contributed by atoms with van der Waals surface area (Å²) in [6, 6.07) is 7.09. The molecule has 1 atom stereocenters. The molecule has 1 N–H and O–H groups in total. The van der Waals surface area contributed by atoms with Gasteiger partial charge in [-0.2, -0.15) is 5.26 Å². The molecule has 20 heavy (non-hydrogen) atoms. The van der Waals surface area contributed by atoms with Crippen molar-refractivity contribution in [1.82, 2.24) is 4.90 Å². The largest absolute Gasteiger partial charge is 0.395 e. The van der Waals surface area contributed by atoms with Gasteiger partial charge in [0.05, 0.1) is 19.1 Å². The van der Waals surface area contributed by atoms with Gasteiger partial charge in [-0.15, -0.1) is 0 Å². The zero-order chi connectivity index (χ0) is 15.0. The summed E-state index contributed by atoms with van der Waals surface area (Å²) < 4.78 is 14.0. The predicted molar refractivity (Wildman–Crippen MR) is 76.1 cm³/mol. The van der Waals surface area contributed by atoms with E-state index in [1.54, 1.807) is 12.1 Å². The van der Waals surface area contributed by atoms with E-state index in [9.17, 15) is 4.39 Å². The number of benzene rings is 1. The van der Waals surface area contributed by atoms with E-state index in [0.717, 1.165) is 0 Å². The number of hydrogen-bond acceptors (Lipinski definition) is 3. The summed E-state index contributed by atoms with van der Waals surface area (Å²) >= 11 is 0. The lowest BCUT2D eigenvalue weighted by Crippen LogP contribution is -2.28. The molecule has 0 saturated carbocycles. The molecule has 0 amide bonds. The number of aliphatic hydroxyl groups excluding tert-OH is 1. The van der Waals surface area contributed by atoms with E-state index in [4.69, 9.17) is 10.4 Å². The molecule has 0 aliphatic carbocycles. The Morgan fingerprint density at radius 2 is 2.20 bits per heavy atom. The Labute approximate surface area is 119 Å². The van der Waals surface area contributed by atoms with Crippen molar-refractivity contribution in [3.8, 4) is 17.9 Å². The van der Waals surface area contributed by atoms with Crippen LogP contribution in [0.4, 0.5) is 4.39 Å². The predicted octanol–water partition coefficient (Wildman–Crippen LogP) is 2.29. The minimum Gasteiger partial charge on any atom is -0.395 e. The quantitative estimate of drug-likeness (QED) is 0.838. The Kier molecular flexibility index (Phi) is 6.73. The van der Waals surface area contributed by atoms with Crippen LogP contribution in [0.2, 0.25) is 0 Å². The zero-order valence-corrected chi connectivity index (χ0v) is 11.9. The molecule has 1 aromatic carbocycles. The lowest BCUT2D eigenvalue weighted by molar-refractivity contribution is 0.249. The van der Waals surface area contributed by atoms with Crippen LogP contribution in [-0.2, 0) is 6.54 Å². The summed E-state index contributed by atoms with van der Waals surface area (Å²) in [4.78, 5) is 1.94. The SMILES string of the molecule is CC(CC#N)N(C)Cc1ccc(C#CCCO)cc1F. The van der Waals surface area contributed by atoms with Crippen LogP contribution in [0.1, 0.15) is 30.9 Å². The lowest BCUT2D eigenvalue weighted by Gasteiger charge is -2.22. The van der Waals surface area contributed by atoms with Crippen LogP contribution in [-0.4, -0.2) is 29.7 Å². The first-order valence-electron chi connectivity index (χ1n) is 6.53. The van der Waals surface area contributed by atoms with E-state index in [1.165, 1.54) is 6.07 Å². The van der Waals surface area contributed by atoms with Crippen molar-refractivity contribution >= 4 is 0 Å². The van der Waals surface area contributed by atoms with Gasteiger partial charge in [0, 0.05) is 30.1 Å². The van der Waals surface area contributed by atoms with Crippen LogP contribution >= 0.6 is 0 Å². The van der Waals surface area contributed by atoms with Crippen molar-refractivity contribution in [1.29, 1.82) is 5.26 Å². The van der Waals surface area contributed by atoms with E-state index in [1.807, 2.05) is 18.9 Å². The lowest BCUT2D eigenvalue weighted by atomic mass is 10.1. The second-order valence-electron chi connectivity index (χ2n) is 4.71. The average Bonchev–Trinajstić information content (AvgIpc) is 2.42. The van der Waals surface area contributed by atoms with Crippen molar-refractivity contribution in [2.45, 2.75) is 32.4 Å². The van der Waals surface area contributed by atoms with E-state index in [0.29, 0.717) is 30.5 Å². The highest BCUT2D eigenvalue weighted by atomic mass is 19.1. The van der Waals surface area contributed by atoms with E-state index in [2.05, 4.69) is 17.9 Å². The van der Waals surface area contributed by atoms with Gasteiger partial charge < -0.3 is 5.11 Å². The summed E-state index contributed by atoms with van der Waals surface area (Å²) in [6.07, 6.45) is 0.806. The second-order valence-corrected chi connectivity index (χ2v) is 4.71. The van der Waals surface area contributed by atoms with E-state index in [-0.39, 0.29) is 18.5 Å². The van der Waals surface area contributed by atoms with Gasteiger partial charge in [0.1, 0.15) is 5.82 Å². The molecule has 0 bridgehead atoms. The summed E-state index contributed by atoms with van der Waals surface area (Å²) in [5, 5.41) is 17.3. The summed E-state index contributed by atoms with van der Waals surface area (Å²) in [6.45, 7) is 2.41. The van der Waals surface area contributed by atoms with Gasteiger partial charge in [-0.05, 0) is 26.1 Å². The Morgan fingerprint density at radius 1 is 1.45 bits per heavy atom. The van der Waals surface area contributed by atoms with Crippen molar-refractivity contribution in [2.75, 3.05) is 13.7 Å². The molecule has 4 heteroatoms. The third-order valence-corrected chi connectivity index (χ3v) is 3.08. The number of rotatable bonds is 5. The van der Waals surface area contributed by atoms with Gasteiger partial charge in [0.2, 0.25) is 0 Å². The first-order chi connectivity index (χ1) is 9.58. The van der Waals surface area contributed by atoms with Gasteiger partial charge in [-0.1, -0.05) is 17.9 Å². The van der Waals surface area contributed by atoms with Gasteiger partial charge in [0.25, 0.3) is 0 Å². The number of aliphatic hydroxyl groups is 1. The van der Waals surface area contributed by atoms with Crippen molar-refractivity contribution in [3.63, 3.8) is 0 Å². The normalized spacial score (nSPS) is 11.6. The molecular formula is C16H19FN2O. The average molecular weight is 274 g/mol. The minimum atomic E-state index is -0.295. The van der Waals surface area contributed by atoms with Crippen molar-refractivity contribution < 1.29 is 9.50 Å². The monoisotopic (exact) mass is 274 g/mol. The Morgan fingerprint density at radius 3 is 2.80 bits per heavy atom. The number of halogens is 1. The zero-order valence-electron chi connectivity index (χ0n) is 11.9. The maximum absolute atomic E-state index is 14.0. The molecule has 3 nitrogen and oxygen atoms in total. The highest BCUT2D eigenvalue weighted by molar-refractivity contribution is 5.37. The van der Waals surface area contributed by atoms with Crippen LogP contribution in [0.3, 0.4) is 0 Å². The molecule has 0 fully saturated rings. The Hall–Kier alpha value is -1.88. The van der Waals surface area contributed by atoms with Crippen molar-refractivity contribution in [2.24, 2.45) is 0 Å². The molecule has 0 radical (unpaired) electrons. The van der Waals surface area contributed by atoms with Gasteiger partial charge in [0.15, 0.2) is 0 Å². The van der Waals surface area contributed by atoms with Gasteiger partial charge in [-0.3, -0.25) is 4.90 Å². The standard InChI is InChI=1S/C16H19FN2O/c1-13(8-9-18)19(2)12-15-7-6-14(11-16(15)17)5-3-4-10-20/h6-7,11,13,20H,4,8,10,12H2,1-2H3. The molecule has 0 heterocycles. The molecule has 0 spiro atoms. The smallest absolute Gasteiger partial charge is 0.128 e. The first-order valence-corrected chi connectivity index (χ1v) is 6.53. The van der Waals surface area contributed by atoms with Crippen LogP contribution in [0.25, 0.3) is 0 Å². The maximum atomic E-state index is 14.0. The molecule has 0 aromatic heterocycles. The van der Waals surface area contributed by atoms with Gasteiger partial charge in [-0.25, -0.2) is 4.39 Å². The van der Waals surface area contributed by atoms with Crippen LogP contribution in [0.15, 0.2) is 18.2 Å². The Bertz CT molecular complexity index is 540. The van der Waals surface area contributed by atoms with E-state index < -0.39 is 0 Å². The highest BCUT2D eigenvalue weighted by Gasteiger charge is 2.11. The third kappa shape index (κ3) is 5.01. The molecule has 1 rings (SSSR count). The van der Waals surface area contributed by atoms with Crippen LogP contribution in [0, 0.1) is 29.0 Å². The van der Waals surface area contributed by atoms with Crippen LogP contribution in [0.5, 0.6) is 0 Å². The molecule has 0 saturated heterocycles. The minimum absolute atomic E-state index is 0.00907. The molecule has 1 unspecified atom stereocenters. The molecule has 0 aliphatic heterocycles. The van der Waals surface area contributed by atoms with E-state index >= 15 is 0 Å². The summed E-state index contributed by atoms with van der Waals surface area (Å²) in [5.74, 6) is 5.27. The molecule has 106 valence electrons. The molecular weight excluding hydrogens is 255 g/mol. The fourth-order valence-electron chi connectivity index (χ4n) is 1.69. The highest BCUT2D eigenvalue weighted by Crippen LogP contribution is 2.14. The number of hydrogen-bond donors (Lipinski definition) is 1. The summed E-state index contributed by atoms with van der Waals surface area (Å²) in [5.41, 5.74) is 1.19. The third-order valence-electron chi connectivity index (χ3n) is 3.08. The van der Waals surface area contributed by atoms with Crippen molar-refractivity contribution in [3.05, 3.63) is 35.1 Å². The van der Waals surface area contributed by atoms with Gasteiger partial charge >= 0.3 is 0 Å². The Balaban J connectivity index is 2.74.